The third-order valence-corrected chi connectivity index (χ3v) is 3.76. The molecule has 2 fully saturated rings. The van der Waals surface area contributed by atoms with Gasteiger partial charge < -0.3 is 5.73 Å². The quantitative estimate of drug-likeness (QED) is 0.725. The van der Waals surface area contributed by atoms with Gasteiger partial charge in [-0.25, -0.2) is 8.78 Å². The van der Waals surface area contributed by atoms with Crippen molar-refractivity contribution in [3.63, 3.8) is 0 Å². The molecule has 13 heavy (non-hydrogen) atoms. The SMILES string of the molecule is NCC1(CC2CCCC2)CC1(F)F. The summed E-state index contributed by atoms with van der Waals surface area (Å²) in [6, 6.07) is 0. The second-order valence-corrected chi connectivity index (χ2v) is 4.72. The van der Waals surface area contributed by atoms with Crippen molar-refractivity contribution in [3.8, 4) is 0 Å². The summed E-state index contributed by atoms with van der Waals surface area (Å²) in [5.74, 6) is -1.93. The Morgan fingerprint density at radius 3 is 2.15 bits per heavy atom. The summed E-state index contributed by atoms with van der Waals surface area (Å²) in [4.78, 5) is 0. The zero-order chi connectivity index (χ0) is 9.53. The molecule has 76 valence electrons. The van der Waals surface area contributed by atoms with E-state index in [0.29, 0.717) is 12.3 Å². The van der Waals surface area contributed by atoms with Crippen molar-refractivity contribution >= 4 is 0 Å². The van der Waals surface area contributed by atoms with Crippen LogP contribution >= 0.6 is 0 Å². The van der Waals surface area contributed by atoms with Gasteiger partial charge in [-0.15, -0.1) is 0 Å². The maximum Gasteiger partial charge on any atom is 0.255 e. The van der Waals surface area contributed by atoms with Gasteiger partial charge in [-0.05, 0) is 12.3 Å². The summed E-state index contributed by atoms with van der Waals surface area (Å²) in [7, 11) is 0. The molecule has 3 heteroatoms. The van der Waals surface area contributed by atoms with Gasteiger partial charge in [0, 0.05) is 13.0 Å². The largest absolute Gasteiger partial charge is 0.330 e. The van der Waals surface area contributed by atoms with Crippen LogP contribution in [-0.2, 0) is 0 Å². The molecule has 0 amide bonds. The van der Waals surface area contributed by atoms with Crippen LogP contribution in [-0.4, -0.2) is 12.5 Å². The number of alkyl halides is 2. The first-order valence-corrected chi connectivity index (χ1v) is 5.18. The van der Waals surface area contributed by atoms with Crippen molar-refractivity contribution < 1.29 is 8.78 Å². The number of hydrogen-bond acceptors (Lipinski definition) is 1. The van der Waals surface area contributed by atoms with Crippen molar-refractivity contribution in [1.29, 1.82) is 0 Å². The monoisotopic (exact) mass is 189 g/mol. The molecule has 2 rings (SSSR count). The lowest BCUT2D eigenvalue weighted by molar-refractivity contribution is 0.0568. The fraction of sp³-hybridized carbons (Fsp3) is 1.00. The molecule has 1 nitrogen and oxygen atoms in total. The van der Waals surface area contributed by atoms with Crippen LogP contribution in [0.15, 0.2) is 0 Å². The highest BCUT2D eigenvalue weighted by molar-refractivity contribution is 5.11. The van der Waals surface area contributed by atoms with Gasteiger partial charge in [-0.1, -0.05) is 25.7 Å². The first-order valence-electron chi connectivity index (χ1n) is 5.18. The molecular formula is C10H17F2N. The molecule has 0 aromatic heterocycles. The van der Waals surface area contributed by atoms with Crippen LogP contribution in [0, 0.1) is 11.3 Å². The molecule has 2 saturated carbocycles. The highest BCUT2D eigenvalue weighted by Crippen LogP contribution is 2.63. The average Bonchev–Trinajstić information content (AvgIpc) is 2.52. The van der Waals surface area contributed by atoms with Gasteiger partial charge in [0.05, 0.1) is 5.41 Å². The standard InChI is InChI=1S/C10H17F2N/c11-10(12)6-9(10,7-13)5-8-3-1-2-4-8/h8H,1-7,13H2. The molecule has 0 bridgehead atoms. The van der Waals surface area contributed by atoms with E-state index >= 15 is 0 Å². The highest BCUT2D eigenvalue weighted by atomic mass is 19.3. The van der Waals surface area contributed by atoms with Crippen LogP contribution in [0.4, 0.5) is 8.78 Å². The van der Waals surface area contributed by atoms with Crippen molar-refractivity contribution in [2.75, 3.05) is 6.54 Å². The van der Waals surface area contributed by atoms with Crippen LogP contribution in [0.1, 0.15) is 38.5 Å². The van der Waals surface area contributed by atoms with Crippen molar-refractivity contribution in [3.05, 3.63) is 0 Å². The molecule has 0 aromatic rings. The third-order valence-electron chi connectivity index (χ3n) is 3.76. The maximum atomic E-state index is 13.0. The van der Waals surface area contributed by atoms with E-state index in [9.17, 15) is 8.78 Å². The van der Waals surface area contributed by atoms with Crippen LogP contribution in [0.25, 0.3) is 0 Å². The summed E-state index contributed by atoms with van der Waals surface area (Å²) >= 11 is 0. The first kappa shape index (κ1) is 9.38. The molecule has 0 aliphatic heterocycles. The lowest BCUT2D eigenvalue weighted by Gasteiger charge is -2.18. The minimum absolute atomic E-state index is 0.0347. The van der Waals surface area contributed by atoms with Crippen LogP contribution in [0.5, 0.6) is 0 Å². The Morgan fingerprint density at radius 2 is 1.77 bits per heavy atom. The zero-order valence-corrected chi connectivity index (χ0v) is 7.86. The van der Waals surface area contributed by atoms with Gasteiger partial charge in [0.2, 0.25) is 0 Å². The molecule has 0 heterocycles. The van der Waals surface area contributed by atoms with E-state index in [1.165, 1.54) is 12.8 Å². The van der Waals surface area contributed by atoms with Gasteiger partial charge in [0.1, 0.15) is 0 Å². The molecule has 0 saturated heterocycles. The van der Waals surface area contributed by atoms with E-state index < -0.39 is 11.3 Å². The van der Waals surface area contributed by atoms with Gasteiger partial charge in [-0.2, -0.15) is 0 Å². The summed E-state index contributed by atoms with van der Waals surface area (Å²) in [6.07, 6.45) is 5.41. The molecule has 2 N–H and O–H groups in total. The van der Waals surface area contributed by atoms with E-state index in [2.05, 4.69) is 0 Å². The van der Waals surface area contributed by atoms with Crippen molar-refractivity contribution in [2.45, 2.75) is 44.4 Å². The molecule has 1 unspecified atom stereocenters. The predicted octanol–water partition coefficient (Wildman–Crippen LogP) is 2.55. The number of rotatable bonds is 3. The number of halogens is 2. The Hall–Kier alpha value is -0.180. The fourth-order valence-electron chi connectivity index (χ4n) is 2.67. The molecule has 0 spiro atoms. The summed E-state index contributed by atoms with van der Waals surface area (Å²) in [6.45, 7) is 0.163. The lowest BCUT2D eigenvalue weighted by atomic mass is 9.90. The second kappa shape index (κ2) is 2.91. The normalized spacial score (nSPS) is 38.1. The van der Waals surface area contributed by atoms with Crippen molar-refractivity contribution in [1.82, 2.24) is 0 Å². The molecule has 0 aromatic carbocycles. The Labute approximate surface area is 77.7 Å². The van der Waals surface area contributed by atoms with E-state index in [1.54, 1.807) is 0 Å². The number of nitrogens with two attached hydrogens (primary N) is 1. The van der Waals surface area contributed by atoms with Gasteiger partial charge >= 0.3 is 0 Å². The van der Waals surface area contributed by atoms with Gasteiger partial charge in [-0.3, -0.25) is 0 Å². The summed E-state index contributed by atoms with van der Waals surface area (Å²) in [5, 5.41) is 0. The zero-order valence-electron chi connectivity index (χ0n) is 7.86. The Morgan fingerprint density at radius 1 is 1.23 bits per heavy atom. The Bertz CT molecular complexity index is 199. The van der Waals surface area contributed by atoms with E-state index in [-0.39, 0.29) is 13.0 Å². The van der Waals surface area contributed by atoms with Crippen molar-refractivity contribution in [2.24, 2.45) is 17.1 Å². The van der Waals surface area contributed by atoms with Crippen LogP contribution in [0.2, 0.25) is 0 Å². The fourth-order valence-corrected chi connectivity index (χ4v) is 2.67. The van der Waals surface area contributed by atoms with Gasteiger partial charge in [0.15, 0.2) is 0 Å². The minimum Gasteiger partial charge on any atom is -0.330 e. The Kier molecular flexibility index (Phi) is 2.10. The van der Waals surface area contributed by atoms with Gasteiger partial charge in [0.25, 0.3) is 5.92 Å². The molecule has 1 atom stereocenters. The smallest absolute Gasteiger partial charge is 0.255 e. The molecule has 0 radical (unpaired) electrons. The lowest BCUT2D eigenvalue weighted by Crippen LogP contribution is -2.24. The average molecular weight is 189 g/mol. The second-order valence-electron chi connectivity index (χ2n) is 4.72. The van der Waals surface area contributed by atoms with E-state index in [1.807, 2.05) is 0 Å². The summed E-state index contributed by atoms with van der Waals surface area (Å²) in [5.41, 5.74) is 4.64. The topological polar surface area (TPSA) is 26.0 Å². The number of hydrogen-bond donors (Lipinski definition) is 1. The third kappa shape index (κ3) is 1.47. The predicted molar refractivity (Wildman–Crippen MR) is 47.6 cm³/mol. The van der Waals surface area contributed by atoms with Crippen LogP contribution < -0.4 is 5.73 Å². The maximum absolute atomic E-state index is 13.0. The Balaban J connectivity index is 1.92. The minimum atomic E-state index is -2.45. The van der Waals surface area contributed by atoms with E-state index in [0.717, 1.165) is 12.8 Å². The molecular weight excluding hydrogens is 172 g/mol. The molecule has 2 aliphatic carbocycles. The summed E-state index contributed by atoms with van der Waals surface area (Å²) < 4.78 is 26.1. The molecule has 2 aliphatic rings. The van der Waals surface area contributed by atoms with E-state index in [4.69, 9.17) is 5.73 Å². The first-order chi connectivity index (χ1) is 6.10. The van der Waals surface area contributed by atoms with Crippen LogP contribution in [0.3, 0.4) is 0 Å². The highest BCUT2D eigenvalue weighted by Gasteiger charge is 2.70.